The molecule has 0 saturated heterocycles. The summed E-state index contributed by atoms with van der Waals surface area (Å²) in [4.78, 5) is 0. The smallest absolute Gasteiger partial charge is 0.255 e. The lowest BCUT2D eigenvalue weighted by Crippen LogP contribution is -2.38. The first-order valence-electron chi connectivity index (χ1n) is 6.05. The fourth-order valence-electron chi connectivity index (χ4n) is 1.75. The highest BCUT2D eigenvalue weighted by molar-refractivity contribution is 7.89. The van der Waals surface area contributed by atoms with E-state index >= 15 is 0 Å². The Balaban J connectivity index is 2.93. The van der Waals surface area contributed by atoms with Gasteiger partial charge >= 0.3 is 0 Å². The molecule has 110 valence electrons. The lowest BCUT2D eigenvalue weighted by molar-refractivity contribution is 0.304. The van der Waals surface area contributed by atoms with Crippen LogP contribution in [0.4, 0.5) is 0 Å². The van der Waals surface area contributed by atoms with E-state index in [1.165, 1.54) is 17.9 Å². The number of hydrogen-bond donors (Lipinski definition) is 1. The van der Waals surface area contributed by atoms with Crippen LogP contribution in [0.25, 0.3) is 0 Å². The molecule has 0 aliphatic carbocycles. The molecule has 1 aromatic heterocycles. The Morgan fingerprint density at radius 1 is 1.42 bits per heavy atom. The van der Waals surface area contributed by atoms with Crippen molar-refractivity contribution in [3.05, 3.63) is 11.2 Å². The zero-order valence-electron chi connectivity index (χ0n) is 11.3. The second-order valence-corrected chi connectivity index (χ2v) is 6.94. The first-order valence-corrected chi connectivity index (χ1v) is 8.44. The molecule has 0 radical (unpaired) electrons. The van der Waals surface area contributed by atoms with Gasteiger partial charge in [0.05, 0.1) is 11.2 Å². The summed E-state index contributed by atoms with van der Waals surface area (Å²) in [6.07, 6.45) is 2.91. The molecule has 19 heavy (non-hydrogen) atoms. The molecular formula is C11H19Cl2N3O2S. The highest BCUT2D eigenvalue weighted by Crippen LogP contribution is 2.28. The second kappa shape index (κ2) is 6.43. The first-order chi connectivity index (χ1) is 8.82. The quantitative estimate of drug-likeness (QED) is 0.782. The SMILES string of the molecule is CCC(CC)(CCl)CNS(=O)(=O)c1c(Cl)cnn1C. The van der Waals surface area contributed by atoms with Crippen LogP contribution in [0, 0.1) is 5.41 Å². The maximum atomic E-state index is 12.2. The third-order valence-corrected chi connectivity index (χ3v) is 5.99. The van der Waals surface area contributed by atoms with Gasteiger partial charge in [0.25, 0.3) is 10.0 Å². The van der Waals surface area contributed by atoms with Gasteiger partial charge in [-0.15, -0.1) is 11.6 Å². The molecule has 1 heterocycles. The number of halogens is 2. The number of hydrogen-bond acceptors (Lipinski definition) is 3. The Morgan fingerprint density at radius 3 is 2.37 bits per heavy atom. The molecule has 0 amide bonds. The number of nitrogens with zero attached hydrogens (tertiary/aromatic N) is 2. The van der Waals surface area contributed by atoms with Gasteiger partial charge in [-0.2, -0.15) is 5.10 Å². The molecule has 1 aromatic rings. The zero-order valence-corrected chi connectivity index (χ0v) is 13.6. The van der Waals surface area contributed by atoms with Crippen LogP contribution in [0.15, 0.2) is 11.2 Å². The predicted molar refractivity (Wildman–Crippen MR) is 77.1 cm³/mol. The van der Waals surface area contributed by atoms with Gasteiger partial charge < -0.3 is 0 Å². The normalized spacial score (nSPS) is 12.9. The van der Waals surface area contributed by atoms with Crippen molar-refractivity contribution >= 4 is 33.2 Å². The van der Waals surface area contributed by atoms with Crippen LogP contribution in [-0.4, -0.2) is 30.6 Å². The van der Waals surface area contributed by atoms with Gasteiger partial charge in [-0.1, -0.05) is 25.4 Å². The first kappa shape index (κ1) is 16.8. The van der Waals surface area contributed by atoms with Crippen LogP contribution in [0.5, 0.6) is 0 Å². The largest absolute Gasteiger partial charge is 0.259 e. The second-order valence-electron chi connectivity index (χ2n) is 4.59. The van der Waals surface area contributed by atoms with Crippen molar-refractivity contribution in [2.45, 2.75) is 31.7 Å². The average Bonchev–Trinajstić information content (AvgIpc) is 2.72. The van der Waals surface area contributed by atoms with Gasteiger partial charge in [0, 0.05) is 19.5 Å². The van der Waals surface area contributed by atoms with E-state index in [1.807, 2.05) is 13.8 Å². The maximum absolute atomic E-state index is 12.2. The number of alkyl halides is 1. The predicted octanol–water partition coefficient (Wildman–Crippen LogP) is 2.40. The minimum absolute atomic E-state index is 0.0233. The summed E-state index contributed by atoms with van der Waals surface area (Å²) in [5, 5.41) is 3.91. The summed E-state index contributed by atoms with van der Waals surface area (Å²) >= 11 is 11.8. The van der Waals surface area contributed by atoms with E-state index in [9.17, 15) is 8.42 Å². The fourth-order valence-corrected chi connectivity index (χ4v) is 4.03. The molecule has 0 fully saturated rings. The number of aryl methyl sites for hydroxylation is 1. The summed E-state index contributed by atoms with van der Waals surface area (Å²) in [5.41, 5.74) is -0.236. The molecular weight excluding hydrogens is 309 g/mol. The third kappa shape index (κ3) is 3.62. The monoisotopic (exact) mass is 327 g/mol. The van der Waals surface area contributed by atoms with Crippen molar-refractivity contribution in [1.29, 1.82) is 0 Å². The van der Waals surface area contributed by atoms with Gasteiger partial charge in [-0.25, -0.2) is 13.1 Å². The van der Waals surface area contributed by atoms with Gasteiger partial charge in [0.15, 0.2) is 5.03 Å². The van der Waals surface area contributed by atoms with Gasteiger partial charge in [0.1, 0.15) is 0 Å². The third-order valence-electron chi connectivity index (χ3n) is 3.52. The van der Waals surface area contributed by atoms with Gasteiger partial charge in [-0.05, 0) is 18.3 Å². The highest BCUT2D eigenvalue weighted by Gasteiger charge is 2.29. The molecule has 8 heteroatoms. The van der Waals surface area contributed by atoms with Gasteiger partial charge in [-0.3, -0.25) is 4.68 Å². The maximum Gasteiger partial charge on any atom is 0.259 e. The number of sulfonamides is 1. The Hall–Kier alpha value is -0.300. The molecule has 0 aliphatic heterocycles. The van der Waals surface area contributed by atoms with Crippen LogP contribution in [0.1, 0.15) is 26.7 Å². The van der Waals surface area contributed by atoms with Crippen molar-refractivity contribution in [1.82, 2.24) is 14.5 Å². The van der Waals surface area contributed by atoms with Crippen molar-refractivity contribution in [2.24, 2.45) is 12.5 Å². The molecule has 0 spiro atoms. The molecule has 5 nitrogen and oxygen atoms in total. The van der Waals surface area contributed by atoms with E-state index in [0.29, 0.717) is 5.88 Å². The molecule has 1 N–H and O–H groups in total. The van der Waals surface area contributed by atoms with Crippen molar-refractivity contribution in [3.63, 3.8) is 0 Å². The number of rotatable bonds is 7. The summed E-state index contributed by atoms with van der Waals surface area (Å²) < 4.78 is 28.3. The summed E-state index contributed by atoms with van der Waals surface area (Å²) in [6.45, 7) is 4.28. The molecule has 0 unspecified atom stereocenters. The number of aromatic nitrogens is 2. The topological polar surface area (TPSA) is 64.0 Å². The van der Waals surface area contributed by atoms with E-state index in [-0.39, 0.29) is 22.0 Å². The van der Waals surface area contributed by atoms with Crippen LogP contribution in [0.2, 0.25) is 5.02 Å². The van der Waals surface area contributed by atoms with Crippen LogP contribution < -0.4 is 4.72 Å². The van der Waals surface area contributed by atoms with Gasteiger partial charge in [0.2, 0.25) is 0 Å². The highest BCUT2D eigenvalue weighted by atomic mass is 35.5. The standard InChI is InChI=1S/C11H19Cl2N3O2S/c1-4-11(5-2,7-12)8-15-19(17,18)10-9(13)6-14-16(10)3/h6,15H,4-5,7-8H2,1-3H3. The molecule has 0 bridgehead atoms. The van der Waals surface area contributed by atoms with Crippen molar-refractivity contribution in [3.8, 4) is 0 Å². The Labute approximate surface area is 124 Å². The lowest BCUT2D eigenvalue weighted by Gasteiger charge is -2.29. The average molecular weight is 328 g/mol. The minimum atomic E-state index is -3.68. The van der Waals surface area contributed by atoms with E-state index in [4.69, 9.17) is 23.2 Å². The summed E-state index contributed by atoms with van der Waals surface area (Å²) in [7, 11) is -2.15. The van der Waals surface area contributed by atoms with E-state index in [0.717, 1.165) is 12.8 Å². The van der Waals surface area contributed by atoms with E-state index in [2.05, 4.69) is 9.82 Å². The molecule has 1 rings (SSSR count). The molecule has 0 aromatic carbocycles. The van der Waals surface area contributed by atoms with E-state index in [1.54, 1.807) is 0 Å². The molecule has 0 saturated carbocycles. The van der Waals surface area contributed by atoms with Crippen LogP contribution >= 0.6 is 23.2 Å². The minimum Gasteiger partial charge on any atom is -0.255 e. The lowest BCUT2D eigenvalue weighted by atomic mass is 9.85. The van der Waals surface area contributed by atoms with E-state index < -0.39 is 10.0 Å². The zero-order chi connectivity index (χ0) is 14.7. The summed E-state index contributed by atoms with van der Waals surface area (Å²) in [6, 6.07) is 0. The molecule has 0 aliphatic rings. The Morgan fingerprint density at radius 2 is 2.00 bits per heavy atom. The van der Waals surface area contributed by atoms with Crippen molar-refractivity contribution in [2.75, 3.05) is 12.4 Å². The number of nitrogens with one attached hydrogen (secondary N) is 1. The molecule has 0 atom stereocenters. The Bertz CT molecular complexity index is 496. The summed E-state index contributed by atoms with van der Waals surface area (Å²) in [5.74, 6) is 0.404. The fraction of sp³-hybridized carbons (Fsp3) is 0.727. The van der Waals surface area contributed by atoms with Crippen molar-refractivity contribution < 1.29 is 8.42 Å². The van der Waals surface area contributed by atoms with Crippen LogP contribution in [0.3, 0.4) is 0 Å². The Kier molecular flexibility index (Phi) is 5.67. The van der Waals surface area contributed by atoms with Crippen LogP contribution in [-0.2, 0) is 17.1 Å².